The molecule has 1 heteroatoms. The summed E-state index contributed by atoms with van der Waals surface area (Å²) in [5.41, 5.74) is 1.57. The molecule has 0 atom stereocenters. The Morgan fingerprint density at radius 3 is 2.67 bits per heavy atom. The van der Waals surface area contributed by atoms with Gasteiger partial charge in [0.2, 0.25) is 0 Å². The minimum Gasteiger partial charge on any atom is -0.0701 e. The van der Waals surface area contributed by atoms with Crippen molar-refractivity contribution < 1.29 is 0 Å². The predicted molar refractivity (Wildman–Crippen MR) is 44.6 cm³/mol. The maximum Gasteiger partial charge on any atom is -0.00462 e. The summed E-state index contributed by atoms with van der Waals surface area (Å²) < 4.78 is 1.33. The van der Waals surface area contributed by atoms with Gasteiger partial charge in [0, 0.05) is 0 Å². The Bertz CT molecular complexity index is 154. The molecule has 0 aromatic rings. The van der Waals surface area contributed by atoms with Crippen LogP contribution in [0.25, 0.3) is 0 Å². The van der Waals surface area contributed by atoms with Gasteiger partial charge in [-0.1, -0.05) is 40.6 Å². The van der Waals surface area contributed by atoms with Crippen molar-refractivity contribution in [1.82, 2.24) is 0 Å². The third-order valence-corrected chi connectivity index (χ3v) is 2.30. The second kappa shape index (κ2) is 3.21. The van der Waals surface area contributed by atoms with Crippen LogP contribution in [0.1, 0.15) is 26.2 Å². The minimum atomic E-state index is 1.19. The zero-order valence-electron chi connectivity index (χ0n) is 5.65. The van der Waals surface area contributed by atoms with Gasteiger partial charge in [-0.25, -0.2) is 0 Å². The van der Waals surface area contributed by atoms with E-state index in [0.717, 1.165) is 0 Å². The first-order chi connectivity index (χ1) is 4.33. The zero-order valence-corrected chi connectivity index (χ0v) is 7.24. The van der Waals surface area contributed by atoms with Crippen molar-refractivity contribution >= 4 is 15.9 Å². The molecule has 0 aliphatic heterocycles. The average Bonchev–Trinajstić information content (AvgIpc) is 1.90. The molecule has 0 aromatic heterocycles. The molecular formula is C8H11Br. The third-order valence-electron chi connectivity index (χ3n) is 1.64. The summed E-state index contributed by atoms with van der Waals surface area (Å²) in [7, 11) is 0. The Labute approximate surface area is 64.8 Å². The van der Waals surface area contributed by atoms with Gasteiger partial charge in [0.05, 0.1) is 0 Å². The van der Waals surface area contributed by atoms with E-state index in [4.69, 9.17) is 0 Å². The van der Waals surface area contributed by atoms with Crippen LogP contribution in [-0.2, 0) is 0 Å². The number of halogens is 1. The second-order valence-electron chi connectivity index (χ2n) is 2.29. The highest BCUT2D eigenvalue weighted by Gasteiger charge is 2.00. The van der Waals surface area contributed by atoms with Crippen LogP contribution in [0.2, 0.25) is 0 Å². The predicted octanol–water partition coefficient (Wildman–Crippen LogP) is 3.40. The summed E-state index contributed by atoms with van der Waals surface area (Å²) in [4.78, 5) is 0. The van der Waals surface area contributed by atoms with Gasteiger partial charge in [-0.3, -0.25) is 0 Å². The highest BCUT2D eigenvalue weighted by Crippen LogP contribution is 2.23. The first-order valence-electron chi connectivity index (χ1n) is 3.37. The summed E-state index contributed by atoms with van der Waals surface area (Å²) in [6.07, 6.45) is 8.01. The molecule has 9 heavy (non-hydrogen) atoms. The van der Waals surface area contributed by atoms with Gasteiger partial charge in [-0.05, 0) is 23.7 Å². The number of rotatable bonds is 1. The molecule has 0 bridgehead atoms. The Balaban J connectivity index is 2.59. The average molecular weight is 187 g/mol. The van der Waals surface area contributed by atoms with Crippen LogP contribution in [-0.4, -0.2) is 0 Å². The summed E-state index contributed by atoms with van der Waals surface area (Å²) in [6, 6.07) is 0. The smallest absolute Gasteiger partial charge is 0.00462 e. The van der Waals surface area contributed by atoms with Crippen molar-refractivity contribution in [3.63, 3.8) is 0 Å². The topological polar surface area (TPSA) is 0 Å². The normalized spacial score (nSPS) is 18.9. The van der Waals surface area contributed by atoms with E-state index in [-0.39, 0.29) is 0 Å². The van der Waals surface area contributed by atoms with Gasteiger partial charge < -0.3 is 0 Å². The first-order valence-corrected chi connectivity index (χ1v) is 4.16. The minimum absolute atomic E-state index is 1.19. The highest BCUT2D eigenvalue weighted by atomic mass is 79.9. The molecule has 1 aliphatic carbocycles. The van der Waals surface area contributed by atoms with Gasteiger partial charge in [-0.2, -0.15) is 0 Å². The molecule has 0 saturated heterocycles. The lowest BCUT2D eigenvalue weighted by molar-refractivity contribution is 0.889. The van der Waals surface area contributed by atoms with Crippen molar-refractivity contribution in [3.05, 3.63) is 22.2 Å². The number of hydrogen-bond donors (Lipinski definition) is 0. The monoisotopic (exact) mass is 186 g/mol. The fraction of sp³-hybridized carbons (Fsp3) is 0.500. The van der Waals surface area contributed by atoms with Gasteiger partial charge in [0.1, 0.15) is 0 Å². The van der Waals surface area contributed by atoms with Crippen LogP contribution < -0.4 is 0 Å². The summed E-state index contributed by atoms with van der Waals surface area (Å²) >= 11 is 3.46. The molecular weight excluding hydrogens is 176 g/mol. The van der Waals surface area contributed by atoms with E-state index in [0.29, 0.717) is 0 Å². The molecule has 0 spiro atoms. The quantitative estimate of drug-likeness (QED) is 0.590. The molecule has 0 N–H and O–H groups in total. The third kappa shape index (κ3) is 1.98. The van der Waals surface area contributed by atoms with E-state index in [1.54, 1.807) is 5.57 Å². The number of allylic oxidation sites excluding steroid dienone is 4. The van der Waals surface area contributed by atoms with Gasteiger partial charge in [-0.15, -0.1) is 0 Å². The standard InChI is InChI=1S/C8H11Br/c1-2-7-3-5-8(9)6-4-7/h3,5H,2,4,6H2,1H3. The Morgan fingerprint density at radius 2 is 2.22 bits per heavy atom. The molecule has 0 heterocycles. The van der Waals surface area contributed by atoms with Gasteiger partial charge in [0.25, 0.3) is 0 Å². The van der Waals surface area contributed by atoms with E-state index in [2.05, 4.69) is 35.0 Å². The zero-order chi connectivity index (χ0) is 6.69. The molecule has 1 rings (SSSR count). The van der Waals surface area contributed by atoms with Crippen LogP contribution >= 0.6 is 15.9 Å². The molecule has 50 valence electrons. The lowest BCUT2D eigenvalue weighted by Crippen LogP contribution is -1.86. The lowest BCUT2D eigenvalue weighted by atomic mass is 10.0. The summed E-state index contributed by atoms with van der Waals surface area (Å²) in [5, 5.41) is 0. The highest BCUT2D eigenvalue weighted by molar-refractivity contribution is 9.11. The van der Waals surface area contributed by atoms with Crippen LogP contribution in [0.5, 0.6) is 0 Å². The lowest BCUT2D eigenvalue weighted by Gasteiger charge is -2.07. The van der Waals surface area contributed by atoms with Crippen LogP contribution in [0.4, 0.5) is 0 Å². The van der Waals surface area contributed by atoms with Crippen LogP contribution in [0, 0.1) is 0 Å². The Kier molecular flexibility index (Phi) is 2.52. The molecule has 0 fully saturated rings. The Hall–Kier alpha value is -0.0400. The number of hydrogen-bond acceptors (Lipinski definition) is 0. The van der Waals surface area contributed by atoms with E-state index in [1.807, 2.05) is 0 Å². The van der Waals surface area contributed by atoms with Crippen molar-refractivity contribution in [2.24, 2.45) is 0 Å². The SMILES string of the molecule is CCC1=CC=C(Br)CC1. The van der Waals surface area contributed by atoms with Crippen LogP contribution in [0.3, 0.4) is 0 Å². The molecule has 0 radical (unpaired) electrons. The van der Waals surface area contributed by atoms with Gasteiger partial charge >= 0.3 is 0 Å². The van der Waals surface area contributed by atoms with E-state index < -0.39 is 0 Å². The van der Waals surface area contributed by atoms with Crippen molar-refractivity contribution in [3.8, 4) is 0 Å². The van der Waals surface area contributed by atoms with Crippen molar-refractivity contribution in [1.29, 1.82) is 0 Å². The van der Waals surface area contributed by atoms with Crippen molar-refractivity contribution in [2.45, 2.75) is 26.2 Å². The van der Waals surface area contributed by atoms with Gasteiger partial charge in [0.15, 0.2) is 0 Å². The second-order valence-corrected chi connectivity index (χ2v) is 3.31. The largest absolute Gasteiger partial charge is 0.0701 e. The Morgan fingerprint density at radius 1 is 1.44 bits per heavy atom. The maximum absolute atomic E-state index is 3.46. The van der Waals surface area contributed by atoms with Crippen LogP contribution in [0.15, 0.2) is 22.2 Å². The maximum atomic E-state index is 3.46. The van der Waals surface area contributed by atoms with E-state index in [1.165, 1.54) is 23.7 Å². The van der Waals surface area contributed by atoms with E-state index in [9.17, 15) is 0 Å². The fourth-order valence-corrected chi connectivity index (χ4v) is 1.28. The van der Waals surface area contributed by atoms with Crippen molar-refractivity contribution in [2.75, 3.05) is 0 Å². The molecule has 1 aliphatic rings. The summed E-state index contributed by atoms with van der Waals surface area (Å²) in [6.45, 7) is 2.21. The first kappa shape index (κ1) is 7.07. The van der Waals surface area contributed by atoms with E-state index >= 15 is 0 Å². The molecule has 0 amide bonds. The molecule has 0 saturated carbocycles. The molecule has 0 nitrogen and oxygen atoms in total. The molecule has 0 unspecified atom stereocenters. The molecule has 0 aromatic carbocycles. The fourth-order valence-electron chi connectivity index (χ4n) is 0.950. The summed E-state index contributed by atoms with van der Waals surface area (Å²) in [5.74, 6) is 0.